The van der Waals surface area contributed by atoms with Crippen LogP contribution in [-0.2, 0) is 0 Å². The molecule has 18 heavy (non-hydrogen) atoms. The molecule has 0 atom stereocenters. The summed E-state index contributed by atoms with van der Waals surface area (Å²) < 4.78 is 0. The summed E-state index contributed by atoms with van der Waals surface area (Å²) in [6.07, 6.45) is 0. The Balaban J connectivity index is 2.35. The molecule has 2 aromatic carbocycles. The van der Waals surface area contributed by atoms with Crippen LogP contribution in [0.15, 0.2) is 36.4 Å². The monoisotopic (exact) mass is 238 g/mol. The molecule has 0 bridgehead atoms. The van der Waals surface area contributed by atoms with Crippen LogP contribution >= 0.6 is 0 Å². The zero-order valence-electron chi connectivity index (χ0n) is 9.44. The zero-order chi connectivity index (χ0) is 12.9. The van der Waals surface area contributed by atoms with Crippen LogP contribution in [0.5, 0.6) is 0 Å². The van der Waals surface area contributed by atoms with Gasteiger partial charge in [-0.05, 0) is 23.3 Å². The molecule has 0 aromatic heterocycles. The summed E-state index contributed by atoms with van der Waals surface area (Å²) in [6, 6.07) is 10.7. The van der Waals surface area contributed by atoms with Crippen molar-refractivity contribution in [1.29, 1.82) is 0 Å². The molecule has 0 spiro atoms. The lowest BCUT2D eigenvalue weighted by Crippen LogP contribution is -2.20. The molecule has 3 rings (SSSR count). The fourth-order valence-corrected chi connectivity index (χ4v) is 2.43. The molecule has 1 aliphatic rings. The van der Waals surface area contributed by atoms with Crippen LogP contribution in [0, 0.1) is 0 Å². The third-order valence-electron chi connectivity index (χ3n) is 3.20. The van der Waals surface area contributed by atoms with Gasteiger partial charge in [0.25, 0.3) is 0 Å². The molecule has 2 aromatic rings. The Bertz CT molecular complexity index is 645. The zero-order valence-corrected chi connectivity index (χ0v) is 9.44. The minimum Gasteiger partial charge on any atom is -0.366 e. The fraction of sp³-hybridized carbons (Fsp3) is 0. The number of rotatable bonds is 2. The van der Waals surface area contributed by atoms with Gasteiger partial charge in [-0.25, -0.2) is 0 Å². The summed E-state index contributed by atoms with van der Waals surface area (Å²) in [7, 11) is 0. The van der Waals surface area contributed by atoms with Gasteiger partial charge in [-0.2, -0.15) is 0 Å². The number of hydrogen-bond acceptors (Lipinski definition) is 2. The molecule has 4 N–H and O–H groups in total. The predicted octanol–water partition coefficient (Wildman–Crippen LogP) is 1.53. The first-order valence-corrected chi connectivity index (χ1v) is 5.47. The summed E-state index contributed by atoms with van der Waals surface area (Å²) in [5.74, 6) is -1.01. The lowest BCUT2D eigenvalue weighted by Gasteiger charge is -2.27. The SMILES string of the molecule is NC(=O)c1ccc(C(N)=O)c2c1-c1ccccc1-2. The van der Waals surface area contributed by atoms with Gasteiger partial charge in [-0.3, -0.25) is 9.59 Å². The highest BCUT2D eigenvalue weighted by Crippen LogP contribution is 2.50. The molecule has 0 radical (unpaired) electrons. The molecule has 0 aliphatic heterocycles. The molecule has 0 fully saturated rings. The van der Waals surface area contributed by atoms with E-state index in [0.717, 1.165) is 22.3 Å². The highest BCUT2D eigenvalue weighted by molar-refractivity contribution is 6.18. The number of fused-ring (bicyclic) bond motifs is 4. The van der Waals surface area contributed by atoms with Crippen LogP contribution in [0.3, 0.4) is 0 Å². The van der Waals surface area contributed by atoms with Crippen molar-refractivity contribution in [2.45, 2.75) is 0 Å². The predicted molar refractivity (Wildman–Crippen MR) is 67.9 cm³/mol. The molecule has 2 amide bonds. The van der Waals surface area contributed by atoms with Crippen LogP contribution < -0.4 is 11.5 Å². The van der Waals surface area contributed by atoms with Gasteiger partial charge in [-0.15, -0.1) is 0 Å². The Labute approximate surface area is 103 Å². The van der Waals surface area contributed by atoms with Gasteiger partial charge in [-0.1, -0.05) is 24.3 Å². The molecule has 0 unspecified atom stereocenters. The van der Waals surface area contributed by atoms with Crippen LogP contribution in [-0.4, -0.2) is 11.8 Å². The molecular formula is C14H10N2O2. The van der Waals surface area contributed by atoms with E-state index < -0.39 is 11.8 Å². The second-order valence-electron chi connectivity index (χ2n) is 4.18. The average molecular weight is 238 g/mol. The number of carbonyl (C=O) groups is 2. The first-order valence-electron chi connectivity index (χ1n) is 5.47. The maximum absolute atomic E-state index is 11.4. The Morgan fingerprint density at radius 2 is 1.11 bits per heavy atom. The van der Waals surface area contributed by atoms with Gasteiger partial charge < -0.3 is 11.5 Å². The van der Waals surface area contributed by atoms with Crippen LogP contribution in [0.4, 0.5) is 0 Å². The van der Waals surface area contributed by atoms with Gasteiger partial charge in [0.05, 0.1) is 0 Å². The summed E-state index contributed by atoms with van der Waals surface area (Å²) >= 11 is 0. The Morgan fingerprint density at radius 1 is 0.722 bits per heavy atom. The van der Waals surface area contributed by atoms with Crippen LogP contribution in [0.2, 0.25) is 0 Å². The minimum absolute atomic E-state index is 0.425. The Kier molecular flexibility index (Phi) is 2.01. The van der Waals surface area contributed by atoms with E-state index in [0.29, 0.717) is 11.1 Å². The van der Waals surface area contributed by atoms with Gasteiger partial charge in [0.1, 0.15) is 0 Å². The van der Waals surface area contributed by atoms with Crippen molar-refractivity contribution in [3.05, 3.63) is 47.5 Å². The van der Waals surface area contributed by atoms with Crippen LogP contribution in [0.25, 0.3) is 22.3 Å². The molecule has 0 saturated heterocycles. The number of primary amides is 2. The summed E-state index contributed by atoms with van der Waals surface area (Å²) in [4.78, 5) is 22.8. The van der Waals surface area contributed by atoms with Gasteiger partial charge in [0.2, 0.25) is 11.8 Å². The number of carbonyl (C=O) groups excluding carboxylic acids is 2. The molecule has 0 heterocycles. The maximum atomic E-state index is 11.4. The van der Waals surface area contributed by atoms with E-state index in [1.807, 2.05) is 24.3 Å². The summed E-state index contributed by atoms with van der Waals surface area (Å²) in [6.45, 7) is 0. The smallest absolute Gasteiger partial charge is 0.249 e. The normalized spacial score (nSPS) is 11.1. The van der Waals surface area contributed by atoms with Gasteiger partial charge in [0, 0.05) is 22.3 Å². The van der Waals surface area contributed by atoms with E-state index in [2.05, 4.69) is 0 Å². The van der Waals surface area contributed by atoms with E-state index in [1.54, 1.807) is 12.1 Å². The van der Waals surface area contributed by atoms with E-state index in [4.69, 9.17) is 11.5 Å². The summed E-state index contributed by atoms with van der Waals surface area (Å²) in [5, 5.41) is 0. The molecular weight excluding hydrogens is 228 g/mol. The molecule has 0 saturated carbocycles. The largest absolute Gasteiger partial charge is 0.366 e. The maximum Gasteiger partial charge on any atom is 0.249 e. The Hall–Kier alpha value is -2.62. The molecule has 1 aliphatic carbocycles. The third-order valence-corrected chi connectivity index (χ3v) is 3.20. The standard InChI is InChI=1S/C14H10N2O2/c15-13(17)9-5-6-10(14(16)18)12-8-4-2-1-3-7(8)11(9)12/h1-6H,(H2,15,17)(H2,16,18). The first-order chi connectivity index (χ1) is 8.61. The summed E-state index contributed by atoms with van der Waals surface area (Å²) in [5.41, 5.74) is 14.9. The number of benzene rings is 2. The highest BCUT2D eigenvalue weighted by atomic mass is 16.1. The molecule has 88 valence electrons. The van der Waals surface area contributed by atoms with E-state index in [1.165, 1.54) is 0 Å². The van der Waals surface area contributed by atoms with Gasteiger partial charge in [0.15, 0.2) is 0 Å². The van der Waals surface area contributed by atoms with E-state index >= 15 is 0 Å². The number of amides is 2. The quantitative estimate of drug-likeness (QED) is 0.709. The van der Waals surface area contributed by atoms with Crippen molar-refractivity contribution in [3.8, 4) is 22.3 Å². The van der Waals surface area contributed by atoms with Crippen molar-refractivity contribution in [2.24, 2.45) is 11.5 Å². The van der Waals surface area contributed by atoms with Crippen molar-refractivity contribution >= 4 is 11.8 Å². The first kappa shape index (κ1) is 10.5. The minimum atomic E-state index is -0.503. The third kappa shape index (κ3) is 1.20. The van der Waals surface area contributed by atoms with Crippen molar-refractivity contribution < 1.29 is 9.59 Å². The second-order valence-corrected chi connectivity index (χ2v) is 4.18. The lowest BCUT2D eigenvalue weighted by molar-refractivity contribution is 0.0989. The number of hydrogen-bond donors (Lipinski definition) is 2. The van der Waals surface area contributed by atoms with E-state index in [-0.39, 0.29) is 0 Å². The van der Waals surface area contributed by atoms with Crippen molar-refractivity contribution in [1.82, 2.24) is 0 Å². The fourth-order valence-electron chi connectivity index (χ4n) is 2.43. The Morgan fingerprint density at radius 3 is 1.44 bits per heavy atom. The average Bonchev–Trinajstić information content (AvgIpc) is 2.33. The lowest BCUT2D eigenvalue weighted by atomic mass is 9.75. The molecule has 4 nitrogen and oxygen atoms in total. The van der Waals surface area contributed by atoms with Gasteiger partial charge >= 0.3 is 0 Å². The van der Waals surface area contributed by atoms with E-state index in [9.17, 15) is 9.59 Å². The highest BCUT2D eigenvalue weighted by Gasteiger charge is 2.30. The van der Waals surface area contributed by atoms with Crippen molar-refractivity contribution in [2.75, 3.05) is 0 Å². The number of nitrogens with two attached hydrogens (primary N) is 2. The molecule has 4 heteroatoms. The van der Waals surface area contributed by atoms with Crippen molar-refractivity contribution in [3.63, 3.8) is 0 Å². The topological polar surface area (TPSA) is 86.2 Å². The van der Waals surface area contributed by atoms with Crippen LogP contribution in [0.1, 0.15) is 20.7 Å². The second kappa shape index (κ2) is 3.43.